The molecule has 0 atom stereocenters. The Hall–Kier alpha value is -4.52. The van der Waals surface area contributed by atoms with E-state index in [9.17, 15) is 4.79 Å². The lowest BCUT2D eigenvalue weighted by Crippen LogP contribution is -2.23. The minimum Gasteiger partial charge on any atom is -0.383 e. The number of rotatable bonds is 5. The van der Waals surface area contributed by atoms with Crippen molar-refractivity contribution in [1.29, 1.82) is 0 Å². The van der Waals surface area contributed by atoms with E-state index >= 15 is 0 Å². The Morgan fingerprint density at radius 3 is 2.25 bits per heavy atom. The fourth-order valence-electron chi connectivity index (χ4n) is 3.52. The molecule has 0 aliphatic rings. The number of nitrogen functional groups attached to an aromatic ring is 1. The van der Waals surface area contributed by atoms with Crippen molar-refractivity contribution in [3.8, 4) is 0 Å². The highest BCUT2D eigenvalue weighted by molar-refractivity contribution is 6.10. The monoisotopic (exact) mass is 420 g/mol. The fraction of sp³-hybridized carbons (Fsp3) is 0.0400. The van der Waals surface area contributed by atoms with Crippen molar-refractivity contribution in [3.05, 3.63) is 102 Å². The van der Waals surface area contributed by atoms with Crippen LogP contribution >= 0.6 is 0 Å². The summed E-state index contributed by atoms with van der Waals surface area (Å²) >= 11 is 0. The number of carbonyl (C=O) groups is 1. The molecule has 32 heavy (non-hydrogen) atoms. The number of benzene rings is 3. The van der Waals surface area contributed by atoms with Crippen molar-refractivity contribution >= 4 is 40.1 Å². The first-order chi connectivity index (χ1) is 15.7. The highest BCUT2D eigenvalue weighted by Gasteiger charge is 2.24. The zero-order valence-electron chi connectivity index (χ0n) is 17.1. The topological polar surface area (TPSA) is 98.2 Å². The Morgan fingerprint density at radius 1 is 0.906 bits per heavy atom. The van der Waals surface area contributed by atoms with Gasteiger partial charge in [-0.1, -0.05) is 72.8 Å². The van der Waals surface area contributed by atoms with Crippen molar-refractivity contribution in [2.45, 2.75) is 6.54 Å². The zero-order valence-corrected chi connectivity index (χ0v) is 17.1. The quantitative estimate of drug-likeness (QED) is 0.420. The minimum atomic E-state index is -0.324. The maximum Gasteiger partial charge on any atom is 0.257 e. The van der Waals surface area contributed by atoms with Crippen LogP contribution in [0.2, 0.25) is 0 Å². The number of nitrogens with one attached hydrogen (secondary N) is 1. The van der Waals surface area contributed by atoms with E-state index in [1.165, 1.54) is 4.68 Å². The molecule has 1 amide bonds. The SMILES string of the molecule is Nc1c(C(=O)NCc2ccccc2)c2nc3ccccc3nc2n1N=Cc1ccccc1. The Morgan fingerprint density at radius 2 is 1.53 bits per heavy atom. The molecule has 0 unspecified atom stereocenters. The third kappa shape index (κ3) is 3.67. The van der Waals surface area contributed by atoms with Gasteiger partial charge in [-0.2, -0.15) is 9.78 Å². The molecule has 156 valence electrons. The van der Waals surface area contributed by atoms with E-state index in [4.69, 9.17) is 15.7 Å². The number of anilines is 1. The van der Waals surface area contributed by atoms with Crippen molar-refractivity contribution in [2.75, 3.05) is 5.73 Å². The van der Waals surface area contributed by atoms with Gasteiger partial charge >= 0.3 is 0 Å². The Bertz CT molecular complexity index is 1440. The number of nitrogens with two attached hydrogens (primary N) is 1. The summed E-state index contributed by atoms with van der Waals surface area (Å²) in [6.07, 6.45) is 1.68. The molecule has 2 heterocycles. The lowest BCUT2D eigenvalue weighted by molar-refractivity contribution is 0.0953. The highest BCUT2D eigenvalue weighted by atomic mass is 16.1. The van der Waals surface area contributed by atoms with Crippen LogP contribution in [0.5, 0.6) is 0 Å². The van der Waals surface area contributed by atoms with Gasteiger partial charge in [0.1, 0.15) is 16.9 Å². The second-order valence-corrected chi connectivity index (χ2v) is 7.28. The van der Waals surface area contributed by atoms with Gasteiger partial charge in [-0.15, -0.1) is 0 Å². The molecule has 0 aliphatic heterocycles. The summed E-state index contributed by atoms with van der Waals surface area (Å²) in [6.45, 7) is 0.375. The number of nitrogens with zero attached hydrogens (tertiary/aromatic N) is 4. The van der Waals surface area contributed by atoms with Gasteiger partial charge in [0, 0.05) is 6.54 Å². The second kappa shape index (κ2) is 8.31. The third-order valence-electron chi connectivity index (χ3n) is 5.12. The highest BCUT2D eigenvalue weighted by Crippen LogP contribution is 2.27. The van der Waals surface area contributed by atoms with Crippen molar-refractivity contribution in [2.24, 2.45) is 5.10 Å². The maximum atomic E-state index is 13.2. The molecular weight excluding hydrogens is 400 g/mol. The predicted octanol–water partition coefficient (Wildman–Crippen LogP) is 3.98. The third-order valence-corrected chi connectivity index (χ3v) is 5.12. The van der Waals surface area contributed by atoms with E-state index in [0.717, 1.165) is 11.1 Å². The average Bonchev–Trinajstić information content (AvgIpc) is 3.11. The number of hydrogen-bond donors (Lipinski definition) is 2. The van der Waals surface area contributed by atoms with Crippen LogP contribution in [0.1, 0.15) is 21.5 Å². The summed E-state index contributed by atoms with van der Waals surface area (Å²) in [5, 5.41) is 7.45. The Labute approximate surface area is 184 Å². The van der Waals surface area contributed by atoms with E-state index in [2.05, 4.69) is 10.4 Å². The first kappa shape index (κ1) is 19.4. The Kier molecular flexibility index (Phi) is 5.05. The van der Waals surface area contributed by atoms with Crippen LogP contribution in [0, 0.1) is 0 Å². The number of para-hydroxylation sites is 2. The molecule has 0 bridgehead atoms. The summed E-state index contributed by atoms with van der Waals surface area (Å²) in [6, 6.07) is 26.8. The molecule has 3 N–H and O–H groups in total. The maximum absolute atomic E-state index is 13.2. The summed E-state index contributed by atoms with van der Waals surface area (Å²) in [7, 11) is 0. The molecule has 7 nitrogen and oxygen atoms in total. The lowest BCUT2D eigenvalue weighted by atomic mass is 10.2. The van der Waals surface area contributed by atoms with E-state index in [1.807, 2.05) is 84.9 Å². The molecule has 5 aromatic rings. The molecule has 3 aromatic carbocycles. The van der Waals surface area contributed by atoms with Crippen LogP contribution in [-0.2, 0) is 6.54 Å². The standard InChI is InChI=1S/C25H20N6O/c26-23-21(25(32)27-15-17-9-3-1-4-10-17)22-24(30-20-14-8-7-13-19(20)29-22)31(23)28-16-18-11-5-2-6-12-18/h1-14,16H,15,26H2,(H,27,32). The van der Waals surface area contributed by atoms with Gasteiger partial charge in [0.25, 0.3) is 5.91 Å². The number of aromatic nitrogens is 3. The van der Waals surface area contributed by atoms with Crippen LogP contribution in [-0.4, -0.2) is 26.8 Å². The molecule has 0 spiro atoms. The summed E-state index contributed by atoms with van der Waals surface area (Å²) in [4.78, 5) is 22.5. The van der Waals surface area contributed by atoms with E-state index < -0.39 is 0 Å². The first-order valence-corrected chi connectivity index (χ1v) is 10.2. The molecule has 7 heteroatoms. The average molecular weight is 420 g/mol. The zero-order chi connectivity index (χ0) is 21.9. The molecule has 0 radical (unpaired) electrons. The normalized spacial score (nSPS) is 11.4. The smallest absolute Gasteiger partial charge is 0.257 e. The number of carbonyl (C=O) groups excluding carboxylic acids is 1. The van der Waals surface area contributed by atoms with Crippen LogP contribution in [0.3, 0.4) is 0 Å². The molecule has 0 saturated carbocycles. The van der Waals surface area contributed by atoms with Crippen molar-refractivity contribution < 1.29 is 4.79 Å². The molecule has 2 aromatic heterocycles. The summed E-state index contributed by atoms with van der Waals surface area (Å²) < 4.78 is 1.47. The van der Waals surface area contributed by atoms with Crippen LogP contribution in [0.25, 0.3) is 22.2 Å². The molecule has 5 rings (SSSR count). The number of amides is 1. The molecule has 0 saturated heterocycles. The van der Waals surface area contributed by atoms with Gasteiger partial charge in [-0.25, -0.2) is 9.97 Å². The van der Waals surface area contributed by atoms with Crippen LogP contribution in [0.15, 0.2) is 90.0 Å². The molecule has 0 aliphatic carbocycles. The first-order valence-electron chi connectivity index (χ1n) is 10.2. The van der Waals surface area contributed by atoms with Gasteiger partial charge in [0.15, 0.2) is 5.65 Å². The largest absolute Gasteiger partial charge is 0.383 e. The Balaban J connectivity index is 1.61. The lowest BCUT2D eigenvalue weighted by Gasteiger charge is -2.05. The van der Waals surface area contributed by atoms with E-state index in [-0.39, 0.29) is 17.3 Å². The van der Waals surface area contributed by atoms with Gasteiger partial charge in [0.2, 0.25) is 0 Å². The predicted molar refractivity (Wildman–Crippen MR) is 126 cm³/mol. The summed E-state index contributed by atoms with van der Waals surface area (Å²) in [5.74, 6) is -0.136. The van der Waals surface area contributed by atoms with Crippen molar-refractivity contribution in [3.63, 3.8) is 0 Å². The fourth-order valence-corrected chi connectivity index (χ4v) is 3.52. The van der Waals surface area contributed by atoms with Gasteiger partial charge in [0.05, 0.1) is 17.2 Å². The van der Waals surface area contributed by atoms with Crippen molar-refractivity contribution in [1.82, 2.24) is 20.0 Å². The van der Waals surface area contributed by atoms with Gasteiger partial charge in [-0.3, -0.25) is 4.79 Å². The van der Waals surface area contributed by atoms with Crippen LogP contribution < -0.4 is 11.1 Å². The molecular formula is C25H20N6O. The number of hydrogen-bond acceptors (Lipinski definition) is 5. The molecule has 0 fully saturated rings. The number of fused-ring (bicyclic) bond motifs is 2. The summed E-state index contributed by atoms with van der Waals surface area (Å²) in [5.41, 5.74) is 10.8. The van der Waals surface area contributed by atoms with E-state index in [0.29, 0.717) is 28.7 Å². The second-order valence-electron chi connectivity index (χ2n) is 7.28. The minimum absolute atomic E-state index is 0.188. The van der Waals surface area contributed by atoms with Gasteiger partial charge in [-0.05, 0) is 23.3 Å². The van der Waals surface area contributed by atoms with E-state index in [1.54, 1.807) is 6.21 Å². The van der Waals surface area contributed by atoms with Gasteiger partial charge < -0.3 is 11.1 Å². The van der Waals surface area contributed by atoms with Crippen LogP contribution in [0.4, 0.5) is 5.82 Å².